The maximum absolute atomic E-state index is 13.8. The Morgan fingerprint density at radius 2 is 1.53 bits per heavy atom. The first kappa shape index (κ1) is 21.2. The molecule has 0 fully saturated rings. The monoisotopic (exact) mass is 434 g/mol. The van der Waals surface area contributed by atoms with Crippen molar-refractivity contribution in [1.29, 1.82) is 0 Å². The Morgan fingerprint density at radius 3 is 2.16 bits per heavy atom. The van der Waals surface area contributed by atoms with Gasteiger partial charge in [0.1, 0.15) is 23.1 Å². The predicted octanol–water partition coefficient (Wildman–Crippen LogP) is 5.15. The number of benzene rings is 3. The molecule has 1 aliphatic rings. The zero-order valence-corrected chi connectivity index (χ0v) is 17.4. The van der Waals surface area contributed by atoms with Crippen LogP contribution in [-0.4, -0.2) is 17.9 Å². The summed E-state index contributed by atoms with van der Waals surface area (Å²) < 4.78 is 32.9. The highest BCUT2D eigenvalue weighted by atomic mass is 19.1. The second-order valence-corrected chi connectivity index (χ2v) is 7.50. The minimum atomic E-state index is -0.637. The van der Waals surface area contributed by atoms with E-state index in [9.17, 15) is 18.4 Å². The molecular formula is C25H20F2N2O3. The molecule has 0 unspecified atom stereocenters. The van der Waals surface area contributed by atoms with Crippen molar-refractivity contribution < 1.29 is 23.1 Å². The van der Waals surface area contributed by atoms with Crippen LogP contribution in [0.2, 0.25) is 0 Å². The highest BCUT2D eigenvalue weighted by Crippen LogP contribution is 2.34. The lowest BCUT2D eigenvalue weighted by molar-refractivity contribution is -0.120. The molecule has 0 aromatic heterocycles. The van der Waals surface area contributed by atoms with Crippen molar-refractivity contribution >= 4 is 28.8 Å². The van der Waals surface area contributed by atoms with Crippen molar-refractivity contribution in [2.75, 3.05) is 10.2 Å². The lowest BCUT2D eigenvalue weighted by atomic mass is 10.0. The molecule has 0 saturated heterocycles. The first-order valence-corrected chi connectivity index (χ1v) is 10.0. The van der Waals surface area contributed by atoms with Crippen molar-refractivity contribution in [3.8, 4) is 5.75 Å². The maximum atomic E-state index is 13.8. The first-order chi connectivity index (χ1) is 15.3. The number of hydrogen-bond donors (Lipinski definition) is 1. The summed E-state index contributed by atoms with van der Waals surface area (Å²) in [7, 11) is 0. The van der Waals surface area contributed by atoms with E-state index in [0.29, 0.717) is 17.0 Å². The topological polar surface area (TPSA) is 58.6 Å². The van der Waals surface area contributed by atoms with Gasteiger partial charge in [0.15, 0.2) is 0 Å². The molecule has 4 rings (SSSR count). The molecule has 5 nitrogen and oxygen atoms in total. The second-order valence-electron chi connectivity index (χ2n) is 7.50. The number of nitrogens with one attached hydrogen (secondary N) is 1. The summed E-state index contributed by atoms with van der Waals surface area (Å²) in [5.74, 6) is -1.65. The van der Waals surface area contributed by atoms with Gasteiger partial charge in [0.05, 0.1) is 17.4 Å². The number of hydrogen-bond acceptors (Lipinski definition) is 4. The first-order valence-electron chi connectivity index (χ1n) is 10.0. The van der Waals surface area contributed by atoms with Gasteiger partial charge in [0.25, 0.3) is 11.8 Å². The second kappa shape index (κ2) is 8.63. The molecule has 3 aromatic rings. The van der Waals surface area contributed by atoms with E-state index in [1.54, 1.807) is 24.3 Å². The van der Waals surface area contributed by atoms with E-state index >= 15 is 0 Å². The van der Waals surface area contributed by atoms with E-state index in [1.165, 1.54) is 42.5 Å². The molecule has 0 radical (unpaired) electrons. The van der Waals surface area contributed by atoms with Crippen molar-refractivity contribution in [2.24, 2.45) is 0 Å². The third kappa shape index (κ3) is 4.23. The molecule has 0 saturated carbocycles. The molecule has 0 atom stereocenters. The maximum Gasteiger partial charge on any atom is 0.282 e. The van der Waals surface area contributed by atoms with Crippen LogP contribution < -0.4 is 15.0 Å². The Morgan fingerprint density at radius 1 is 0.844 bits per heavy atom. The fourth-order valence-corrected chi connectivity index (χ4v) is 3.41. The van der Waals surface area contributed by atoms with Gasteiger partial charge < -0.3 is 10.1 Å². The molecule has 1 heterocycles. The summed E-state index contributed by atoms with van der Waals surface area (Å²) in [6.45, 7) is 3.82. The number of amides is 2. The molecule has 1 N–H and O–H groups in total. The fourth-order valence-electron chi connectivity index (χ4n) is 3.41. The summed E-state index contributed by atoms with van der Waals surface area (Å²) in [6, 6.07) is 17.4. The number of ether oxygens (including phenoxy) is 1. The summed E-state index contributed by atoms with van der Waals surface area (Å²) in [5, 5.41) is 3.00. The van der Waals surface area contributed by atoms with Gasteiger partial charge in [0, 0.05) is 5.69 Å². The molecule has 1 aliphatic heterocycles. The third-order valence-corrected chi connectivity index (χ3v) is 4.78. The summed E-state index contributed by atoms with van der Waals surface area (Å²) in [6.07, 6.45) is 0.00968. The van der Waals surface area contributed by atoms with Crippen LogP contribution in [0.15, 0.2) is 78.5 Å². The number of nitrogens with zero attached hydrogens (tertiary/aromatic N) is 1. The van der Waals surface area contributed by atoms with Gasteiger partial charge in [-0.15, -0.1) is 0 Å². The average Bonchev–Trinajstić information content (AvgIpc) is 2.99. The SMILES string of the molecule is CC(C)Oc1ccc(NC2=C(c3ccc(F)cc3)C(=O)N(c3cccc(F)c3)C2=O)cc1. The number of carbonyl (C=O) groups is 2. The molecule has 7 heteroatoms. The van der Waals surface area contributed by atoms with Crippen LogP contribution in [0, 0.1) is 11.6 Å². The molecule has 0 spiro atoms. The van der Waals surface area contributed by atoms with Crippen molar-refractivity contribution in [1.82, 2.24) is 0 Å². The van der Waals surface area contributed by atoms with Crippen LogP contribution >= 0.6 is 0 Å². The van der Waals surface area contributed by atoms with Gasteiger partial charge in [-0.3, -0.25) is 9.59 Å². The summed E-state index contributed by atoms with van der Waals surface area (Å²) >= 11 is 0. The van der Waals surface area contributed by atoms with Gasteiger partial charge in [-0.25, -0.2) is 13.7 Å². The molecule has 2 amide bonds. The summed E-state index contributed by atoms with van der Waals surface area (Å²) in [4.78, 5) is 27.4. The smallest absolute Gasteiger partial charge is 0.282 e. The normalized spacial score (nSPS) is 13.8. The molecule has 3 aromatic carbocycles. The van der Waals surface area contributed by atoms with E-state index in [2.05, 4.69) is 5.32 Å². The quantitative estimate of drug-likeness (QED) is 0.546. The van der Waals surface area contributed by atoms with Crippen LogP contribution in [0.25, 0.3) is 5.57 Å². The zero-order chi connectivity index (χ0) is 22.8. The number of anilines is 2. The minimum Gasteiger partial charge on any atom is -0.491 e. The van der Waals surface area contributed by atoms with Crippen LogP contribution in [0.1, 0.15) is 19.4 Å². The van der Waals surface area contributed by atoms with E-state index < -0.39 is 23.4 Å². The van der Waals surface area contributed by atoms with E-state index in [0.717, 1.165) is 11.0 Å². The lowest BCUT2D eigenvalue weighted by Crippen LogP contribution is -2.32. The Kier molecular flexibility index (Phi) is 5.73. The van der Waals surface area contributed by atoms with Gasteiger partial charge >= 0.3 is 0 Å². The highest BCUT2D eigenvalue weighted by molar-refractivity contribution is 6.46. The largest absolute Gasteiger partial charge is 0.491 e. The van der Waals surface area contributed by atoms with Crippen LogP contribution in [-0.2, 0) is 9.59 Å². The van der Waals surface area contributed by atoms with Gasteiger partial charge in [-0.2, -0.15) is 0 Å². The van der Waals surface area contributed by atoms with E-state index in [-0.39, 0.29) is 23.1 Å². The number of halogens is 2. The Balaban J connectivity index is 1.74. The molecule has 0 aliphatic carbocycles. The Hall–Kier alpha value is -4.00. The number of imide groups is 1. The number of rotatable bonds is 6. The molecular weight excluding hydrogens is 414 g/mol. The minimum absolute atomic E-state index is 0.00968. The average molecular weight is 434 g/mol. The number of carbonyl (C=O) groups excluding carboxylic acids is 2. The zero-order valence-electron chi connectivity index (χ0n) is 17.4. The van der Waals surface area contributed by atoms with Gasteiger partial charge in [-0.05, 0) is 74.0 Å². The van der Waals surface area contributed by atoms with Crippen LogP contribution in [0.3, 0.4) is 0 Å². The highest BCUT2D eigenvalue weighted by Gasteiger charge is 2.40. The molecule has 32 heavy (non-hydrogen) atoms. The van der Waals surface area contributed by atoms with Gasteiger partial charge in [0.2, 0.25) is 0 Å². The van der Waals surface area contributed by atoms with E-state index in [1.807, 2.05) is 13.8 Å². The van der Waals surface area contributed by atoms with E-state index in [4.69, 9.17) is 4.74 Å². The van der Waals surface area contributed by atoms with Gasteiger partial charge in [-0.1, -0.05) is 18.2 Å². The third-order valence-electron chi connectivity index (χ3n) is 4.78. The molecule has 162 valence electrons. The van der Waals surface area contributed by atoms with Crippen molar-refractivity contribution in [2.45, 2.75) is 20.0 Å². The predicted molar refractivity (Wildman–Crippen MR) is 118 cm³/mol. The van der Waals surface area contributed by atoms with Crippen LogP contribution in [0.5, 0.6) is 5.75 Å². The van der Waals surface area contributed by atoms with Crippen molar-refractivity contribution in [3.63, 3.8) is 0 Å². The fraction of sp³-hybridized carbons (Fsp3) is 0.120. The van der Waals surface area contributed by atoms with Crippen molar-refractivity contribution in [3.05, 3.63) is 95.7 Å². The van der Waals surface area contributed by atoms with Crippen LogP contribution in [0.4, 0.5) is 20.2 Å². The Labute approximate surface area is 183 Å². The molecule has 0 bridgehead atoms. The standard InChI is InChI=1S/C25H20F2N2O3/c1-15(2)32-21-12-10-19(11-13-21)28-23-22(16-6-8-17(26)9-7-16)24(30)29(25(23)31)20-5-3-4-18(27)14-20/h3-15,28H,1-2H3. The summed E-state index contributed by atoms with van der Waals surface area (Å²) in [5.41, 5.74) is 1.12. The lowest BCUT2D eigenvalue weighted by Gasteiger charge is -2.15. The Bertz CT molecular complexity index is 1200.